The zero-order chi connectivity index (χ0) is 19.7. The van der Waals surface area contributed by atoms with Crippen LogP contribution in [-0.4, -0.2) is 55.0 Å². The summed E-state index contributed by atoms with van der Waals surface area (Å²) < 4.78 is 24.0. The first-order chi connectivity index (χ1) is 13.6. The van der Waals surface area contributed by atoms with Crippen LogP contribution >= 0.6 is 0 Å². The average molecular weight is 386 g/mol. The van der Waals surface area contributed by atoms with Crippen molar-refractivity contribution in [3.63, 3.8) is 0 Å². The molecule has 1 aromatic heterocycles. The van der Waals surface area contributed by atoms with Crippen molar-refractivity contribution >= 4 is 11.8 Å². The quantitative estimate of drug-likeness (QED) is 0.793. The zero-order valence-electron chi connectivity index (χ0n) is 15.7. The maximum Gasteiger partial charge on any atom is 0.257 e. The van der Waals surface area contributed by atoms with Crippen molar-refractivity contribution in [3.8, 4) is 0 Å². The van der Waals surface area contributed by atoms with Gasteiger partial charge in [-0.3, -0.25) is 9.59 Å². The summed E-state index contributed by atoms with van der Waals surface area (Å²) in [7, 11) is 1.56. The van der Waals surface area contributed by atoms with E-state index in [1.54, 1.807) is 19.2 Å². The fraction of sp³-hybridized carbons (Fsp3) is 0.429. The highest BCUT2D eigenvalue weighted by Gasteiger charge is 2.50. The predicted molar refractivity (Wildman–Crippen MR) is 98.9 cm³/mol. The second-order valence-corrected chi connectivity index (χ2v) is 7.43. The summed E-state index contributed by atoms with van der Waals surface area (Å²) in [6.45, 7) is 2.02. The van der Waals surface area contributed by atoms with Gasteiger partial charge in [0.1, 0.15) is 12.1 Å². The van der Waals surface area contributed by atoms with Gasteiger partial charge in [0.2, 0.25) is 5.91 Å². The average Bonchev–Trinajstić information content (AvgIpc) is 3.40. The van der Waals surface area contributed by atoms with E-state index < -0.39 is 0 Å². The Hall–Kier alpha value is -2.67. The molecule has 0 unspecified atom stereocenters. The third kappa shape index (κ3) is 3.42. The van der Waals surface area contributed by atoms with Crippen molar-refractivity contribution in [1.82, 2.24) is 9.80 Å². The van der Waals surface area contributed by atoms with Crippen LogP contribution in [0.2, 0.25) is 0 Å². The van der Waals surface area contributed by atoms with Gasteiger partial charge in [-0.05, 0) is 23.8 Å². The molecule has 0 N–H and O–H groups in total. The van der Waals surface area contributed by atoms with Crippen LogP contribution in [0.25, 0.3) is 0 Å². The van der Waals surface area contributed by atoms with Gasteiger partial charge in [0.05, 0.1) is 30.9 Å². The number of benzene rings is 1. The minimum absolute atomic E-state index is 0.00165. The second-order valence-electron chi connectivity index (χ2n) is 7.43. The number of carbonyl (C=O) groups excluding carboxylic acids is 2. The first kappa shape index (κ1) is 18.7. The first-order valence-electron chi connectivity index (χ1n) is 9.44. The maximum atomic E-state index is 13.9. The van der Waals surface area contributed by atoms with E-state index in [1.807, 2.05) is 15.9 Å². The Kier molecular flexibility index (Phi) is 5.17. The molecule has 0 spiro atoms. The molecule has 148 valence electrons. The van der Waals surface area contributed by atoms with E-state index >= 15 is 0 Å². The molecular weight excluding hydrogens is 363 g/mol. The lowest BCUT2D eigenvalue weighted by molar-refractivity contribution is -0.133. The van der Waals surface area contributed by atoms with Crippen molar-refractivity contribution in [3.05, 3.63) is 59.8 Å². The van der Waals surface area contributed by atoms with E-state index in [0.29, 0.717) is 38.2 Å². The summed E-state index contributed by atoms with van der Waals surface area (Å²) in [4.78, 5) is 29.1. The molecular formula is C21H23FN2O4. The number of likely N-dealkylation sites (tertiary alicyclic amines) is 2. The molecule has 0 radical (unpaired) electrons. The van der Waals surface area contributed by atoms with Gasteiger partial charge in [0.25, 0.3) is 5.91 Å². The van der Waals surface area contributed by atoms with Crippen molar-refractivity contribution in [1.29, 1.82) is 0 Å². The summed E-state index contributed by atoms with van der Waals surface area (Å²) in [6, 6.07) is 7.82. The minimum atomic E-state index is -0.324. The number of furan rings is 1. The van der Waals surface area contributed by atoms with E-state index in [-0.39, 0.29) is 35.5 Å². The molecule has 7 heteroatoms. The van der Waals surface area contributed by atoms with Crippen LogP contribution < -0.4 is 0 Å². The van der Waals surface area contributed by atoms with Crippen molar-refractivity contribution in [2.45, 2.75) is 12.5 Å². The summed E-state index contributed by atoms with van der Waals surface area (Å²) in [5.74, 6) is -0.161. The molecule has 4 rings (SSSR count). The van der Waals surface area contributed by atoms with E-state index in [0.717, 1.165) is 5.56 Å². The highest BCUT2D eigenvalue weighted by molar-refractivity contribution is 5.94. The summed E-state index contributed by atoms with van der Waals surface area (Å²) in [5, 5.41) is 0. The largest absolute Gasteiger partial charge is 0.472 e. The first-order valence-corrected chi connectivity index (χ1v) is 9.44. The van der Waals surface area contributed by atoms with Gasteiger partial charge in [-0.1, -0.05) is 12.1 Å². The van der Waals surface area contributed by atoms with Gasteiger partial charge >= 0.3 is 0 Å². The van der Waals surface area contributed by atoms with Crippen LogP contribution in [0.3, 0.4) is 0 Å². The number of carbonyl (C=O) groups is 2. The molecule has 6 nitrogen and oxygen atoms in total. The molecule has 2 aliphatic heterocycles. The normalized spacial score (nSPS) is 23.9. The maximum absolute atomic E-state index is 13.9. The summed E-state index contributed by atoms with van der Waals surface area (Å²) >= 11 is 0. The van der Waals surface area contributed by atoms with Crippen molar-refractivity contribution in [2.24, 2.45) is 11.8 Å². The number of hydrogen-bond acceptors (Lipinski definition) is 4. The van der Waals surface area contributed by atoms with Crippen LogP contribution in [0.5, 0.6) is 0 Å². The SMILES string of the molecule is COCCC(=O)N1C[C@@H]2CN(C(=O)c3ccoc3)C[C@@H]2[C@H]1c1cccc(F)c1. The topological polar surface area (TPSA) is 63.0 Å². The second kappa shape index (κ2) is 7.75. The minimum Gasteiger partial charge on any atom is -0.472 e. The molecule has 28 heavy (non-hydrogen) atoms. The van der Waals surface area contributed by atoms with Gasteiger partial charge in [-0.2, -0.15) is 0 Å². The standard InChI is InChI=1S/C21H23FN2O4/c1-27-7-6-19(25)24-11-16-10-23(21(26)15-5-8-28-13-15)12-18(16)20(24)14-3-2-4-17(22)9-14/h2-5,8-9,13,16,18,20H,6-7,10-12H2,1H3/t16-,18-,20+/m0/s1. The lowest BCUT2D eigenvalue weighted by Gasteiger charge is -2.30. The van der Waals surface area contributed by atoms with E-state index in [9.17, 15) is 14.0 Å². The summed E-state index contributed by atoms with van der Waals surface area (Å²) in [6.07, 6.45) is 3.22. The van der Waals surface area contributed by atoms with E-state index in [1.165, 1.54) is 24.7 Å². The number of nitrogens with zero attached hydrogens (tertiary/aromatic N) is 2. The number of fused-ring (bicyclic) bond motifs is 1. The number of ether oxygens (including phenoxy) is 1. The monoisotopic (exact) mass is 386 g/mol. The highest BCUT2D eigenvalue weighted by atomic mass is 19.1. The fourth-order valence-corrected chi connectivity index (χ4v) is 4.49. The Morgan fingerprint density at radius 2 is 2.11 bits per heavy atom. The van der Waals surface area contributed by atoms with Gasteiger partial charge in [-0.15, -0.1) is 0 Å². The van der Waals surface area contributed by atoms with Crippen LogP contribution in [0, 0.1) is 17.7 Å². The smallest absolute Gasteiger partial charge is 0.257 e. The molecule has 3 heterocycles. The third-order valence-corrected chi connectivity index (χ3v) is 5.75. The van der Waals surface area contributed by atoms with E-state index in [4.69, 9.17) is 9.15 Å². The van der Waals surface area contributed by atoms with Gasteiger partial charge in [-0.25, -0.2) is 4.39 Å². The Balaban J connectivity index is 1.58. The molecule has 0 aliphatic carbocycles. The highest BCUT2D eigenvalue weighted by Crippen LogP contribution is 2.45. The van der Waals surface area contributed by atoms with Crippen LogP contribution in [0.15, 0.2) is 47.3 Å². The van der Waals surface area contributed by atoms with Crippen LogP contribution in [-0.2, 0) is 9.53 Å². The molecule has 0 bridgehead atoms. The lowest BCUT2D eigenvalue weighted by atomic mass is 9.89. The molecule has 2 saturated heterocycles. The Labute approximate surface area is 162 Å². The molecule has 2 aromatic rings. The molecule has 2 amide bonds. The third-order valence-electron chi connectivity index (χ3n) is 5.75. The Bertz CT molecular complexity index is 854. The van der Waals surface area contributed by atoms with Gasteiger partial charge in [0.15, 0.2) is 0 Å². The molecule has 0 saturated carbocycles. The number of hydrogen-bond donors (Lipinski definition) is 0. The summed E-state index contributed by atoms with van der Waals surface area (Å²) in [5.41, 5.74) is 1.30. The zero-order valence-corrected chi connectivity index (χ0v) is 15.7. The van der Waals surface area contributed by atoms with Crippen LogP contribution in [0.4, 0.5) is 4.39 Å². The van der Waals surface area contributed by atoms with Gasteiger partial charge < -0.3 is 19.0 Å². The van der Waals surface area contributed by atoms with Crippen LogP contribution in [0.1, 0.15) is 28.4 Å². The van der Waals surface area contributed by atoms with E-state index in [2.05, 4.69) is 0 Å². The number of halogens is 1. The fourth-order valence-electron chi connectivity index (χ4n) is 4.49. The Morgan fingerprint density at radius 1 is 1.25 bits per heavy atom. The molecule has 2 aliphatic rings. The van der Waals surface area contributed by atoms with Crippen molar-refractivity contribution in [2.75, 3.05) is 33.4 Å². The number of amides is 2. The van der Waals surface area contributed by atoms with Gasteiger partial charge in [0, 0.05) is 38.6 Å². The predicted octanol–water partition coefficient (Wildman–Crippen LogP) is 2.73. The molecule has 2 fully saturated rings. The molecule has 1 aromatic carbocycles. The van der Waals surface area contributed by atoms with Crippen molar-refractivity contribution < 1.29 is 23.1 Å². The number of methoxy groups -OCH3 is 1. The number of rotatable bonds is 5. The molecule has 3 atom stereocenters. The Morgan fingerprint density at radius 3 is 2.82 bits per heavy atom. The lowest BCUT2D eigenvalue weighted by Crippen LogP contribution is -2.37.